The minimum atomic E-state index is -1.12. The fourth-order valence-corrected chi connectivity index (χ4v) is 6.23. The van der Waals surface area contributed by atoms with Gasteiger partial charge < -0.3 is 19.0 Å². The van der Waals surface area contributed by atoms with Crippen molar-refractivity contribution >= 4 is 49.6 Å². The summed E-state index contributed by atoms with van der Waals surface area (Å²) in [6, 6.07) is 43.5. The molecule has 8 aromatic rings. The first kappa shape index (κ1) is 24.9. The molecule has 1 N–H and O–H groups in total. The minimum Gasteiger partial charge on any atom is -0.486 e. The van der Waals surface area contributed by atoms with Crippen LogP contribution in [0.25, 0.3) is 55.0 Å². The van der Waals surface area contributed by atoms with Gasteiger partial charge in [-0.2, -0.15) is 0 Å². The van der Waals surface area contributed by atoms with Crippen molar-refractivity contribution in [1.82, 2.24) is 14.1 Å². The number of hydrogen-bond acceptors (Lipinski definition) is 3. The lowest BCUT2D eigenvalue weighted by molar-refractivity contribution is 0.0684. The first-order chi connectivity index (χ1) is 21.2. The molecule has 5 aromatic carbocycles. The molecule has 6 heteroatoms. The summed E-state index contributed by atoms with van der Waals surface area (Å²) in [5, 5.41) is 14.4. The fourth-order valence-electron chi connectivity index (χ4n) is 6.23. The molecular formula is C37H25N3O3. The number of aromatic nitrogens is 3. The van der Waals surface area contributed by atoms with Crippen LogP contribution in [0.4, 0.5) is 0 Å². The molecule has 0 bridgehead atoms. The third kappa shape index (κ3) is 4.03. The third-order valence-corrected chi connectivity index (χ3v) is 8.01. The molecule has 0 amide bonds. The maximum absolute atomic E-state index is 11.8. The van der Waals surface area contributed by atoms with Gasteiger partial charge in [-0.1, -0.05) is 72.8 Å². The highest BCUT2D eigenvalue weighted by Gasteiger charge is 2.18. The van der Waals surface area contributed by atoms with Crippen molar-refractivity contribution in [2.75, 3.05) is 0 Å². The summed E-state index contributed by atoms with van der Waals surface area (Å²) < 4.78 is 10.7. The van der Waals surface area contributed by atoms with Gasteiger partial charge in [0.25, 0.3) is 0 Å². The largest absolute Gasteiger partial charge is 0.486 e. The van der Waals surface area contributed by atoms with Gasteiger partial charge in [0.2, 0.25) is 0 Å². The van der Waals surface area contributed by atoms with E-state index >= 15 is 0 Å². The number of benzene rings is 5. The van der Waals surface area contributed by atoms with Gasteiger partial charge >= 0.3 is 5.97 Å². The molecule has 8 rings (SSSR count). The van der Waals surface area contributed by atoms with Crippen molar-refractivity contribution < 1.29 is 14.6 Å². The van der Waals surface area contributed by atoms with Gasteiger partial charge in [0, 0.05) is 39.1 Å². The molecule has 0 aliphatic heterocycles. The summed E-state index contributed by atoms with van der Waals surface area (Å²) in [6.45, 7) is 0.168. The van der Waals surface area contributed by atoms with Crippen molar-refractivity contribution in [3.8, 4) is 17.1 Å². The smallest absolute Gasteiger partial charge is 0.358 e. The highest BCUT2D eigenvalue weighted by molar-refractivity contribution is 6.10. The standard InChI is InChI=1S/C37H25N3O3/c41-37(42)36-35(18-9-19-38-36)43-23-24-20-25(39-31-14-5-1-10-27(31)28-11-2-6-15-32(28)39)22-26(21-24)40-33-16-7-3-12-29(33)30-13-4-8-17-34(30)40/h1-22H,23H2,(H,41,42). The lowest BCUT2D eigenvalue weighted by atomic mass is 10.1. The predicted octanol–water partition coefficient (Wildman–Crippen LogP) is 8.55. The molecule has 0 saturated heterocycles. The molecule has 0 spiro atoms. The SMILES string of the molecule is O=C(O)c1ncccc1OCc1cc(-n2c3ccccc3c3ccccc32)cc(-n2c3ccccc3c3ccccc32)c1. The highest BCUT2D eigenvalue weighted by Crippen LogP contribution is 2.36. The number of fused-ring (bicyclic) bond motifs is 6. The number of nitrogens with zero attached hydrogens (tertiary/aromatic N) is 3. The van der Waals surface area contributed by atoms with Crippen molar-refractivity contribution in [2.24, 2.45) is 0 Å². The second-order valence-corrected chi connectivity index (χ2v) is 10.5. The molecule has 3 heterocycles. The topological polar surface area (TPSA) is 69.3 Å². The van der Waals surface area contributed by atoms with Crippen LogP contribution in [0.2, 0.25) is 0 Å². The summed E-state index contributed by atoms with van der Waals surface area (Å²) in [6.07, 6.45) is 1.46. The number of pyridine rings is 1. The number of carboxylic acid groups (broad SMARTS) is 1. The highest BCUT2D eigenvalue weighted by atomic mass is 16.5. The Bertz CT molecular complexity index is 2110. The number of rotatable bonds is 6. The van der Waals surface area contributed by atoms with E-state index in [1.54, 1.807) is 12.1 Å². The lowest BCUT2D eigenvalue weighted by Crippen LogP contribution is -2.07. The summed E-state index contributed by atoms with van der Waals surface area (Å²) in [5.74, 6) is -0.892. The average Bonchev–Trinajstić information content (AvgIpc) is 3.57. The van der Waals surface area contributed by atoms with Crippen molar-refractivity contribution in [2.45, 2.75) is 6.61 Å². The summed E-state index contributed by atoms with van der Waals surface area (Å²) in [5.41, 5.74) is 7.19. The van der Waals surface area contributed by atoms with Crippen LogP contribution in [0.5, 0.6) is 5.75 Å². The van der Waals surface area contributed by atoms with Gasteiger partial charge in [0.15, 0.2) is 11.4 Å². The fraction of sp³-hybridized carbons (Fsp3) is 0.0270. The molecule has 43 heavy (non-hydrogen) atoms. The minimum absolute atomic E-state index is 0.108. The Morgan fingerprint density at radius 1 is 0.605 bits per heavy atom. The summed E-state index contributed by atoms with van der Waals surface area (Å²) in [4.78, 5) is 15.8. The summed E-state index contributed by atoms with van der Waals surface area (Å²) in [7, 11) is 0. The molecule has 0 aliphatic rings. The maximum Gasteiger partial charge on any atom is 0.358 e. The average molecular weight is 560 g/mol. The van der Waals surface area contributed by atoms with E-state index in [-0.39, 0.29) is 18.1 Å². The van der Waals surface area contributed by atoms with E-state index in [1.165, 1.54) is 27.7 Å². The van der Waals surface area contributed by atoms with Gasteiger partial charge in [-0.05, 0) is 60.2 Å². The Morgan fingerprint density at radius 3 is 1.49 bits per heavy atom. The van der Waals surface area contributed by atoms with Crippen molar-refractivity contribution in [3.05, 3.63) is 145 Å². The van der Waals surface area contributed by atoms with E-state index in [2.05, 4.69) is 129 Å². The third-order valence-electron chi connectivity index (χ3n) is 8.01. The van der Waals surface area contributed by atoms with Gasteiger partial charge in [-0.25, -0.2) is 9.78 Å². The second kappa shape index (κ2) is 9.89. The van der Waals surface area contributed by atoms with E-state index in [0.717, 1.165) is 39.0 Å². The molecule has 0 fully saturated rings. The molecule has 6 nitrogen and oxygen atoms in total. The number of aromatic carboxylic acids is 1. The van der Waals surface area contributed by atoms with E-state index in [1.807, 2.05) is 0 Å². The molecular weight excluding hydrogens is 534 g/mol. The van der Waals surface area contributed by atoms with Crippen LogP contribution in [0.3, 0.4) is 0 Å². The van der Waals surface area contributed by atoms with Crippen LogP contribution in [0.1, 0.15) is 16.1 Å². The zero-order chi connectivity index (χ0) is 28.9. The van der Waals surface area contributed by atoms with Crippen LogP contribution in [0, 0.1) is 0 Å². The number of ether oxygens (including phenoxy) is 1. The first-order valence-corrected chi connectivity index (χ1v) is 14.1. The van der Waals surface area contributed by atoms with E-state index < -0.39 is 5.97 Å². The van der Waals surface area contributed by atoms with Gasteiger partial charge in [0.05, 0.1) is 22.1 Å². The Hall–Kier alpha value is -5.88. The van der Waals surface area contributed by atoms with E-state index in [4.69, 9.17) is 4.74 Å². The van der Waals surface area contributed by atoms with Crippen molar-refractivity contribution in [1.29, 1.82) is 0 Å². The number of para-hydroxylation sites is 4. The second-order valence-electron chi connectivity index (χ2n) is 10.5. The number of hydrogen-bond donors (Lipinski definition) is 1. The molecule has 0 atom stereocenters. The molecule has 0 radical (unpaired) electrons. The number of carboxylic acids is 1. The van der Waals surface area contributed by atoms with Gasteiger partial charge in [0.1, 0.15) is 6.61 Å². The Balaban J connectivity index is 1.38. The predicted molar refractivity (Wildman–Crippen MR) is 171 cm³/mol. The normalized spacial score (nSPS) is 11.5. The van der Waals surface area contributed by atoms with E-state index in [9.17, 15) is 9.90 Å². The molecule has 0 unspecified atom stereocenters. The van der Waals surface area contributed by atoms with Gasteiger partial charge in [-0.3, -0.25) is 0 Å². The Morgan fingerprint density at radius 2 is 1.05 bits per heavy atom. The molecule has 0 saturated carbocycles. The molecule has 0 aliphatic carbocycles. The maximum atomic E-state index is 11.8. The zero-order valence-electron chi connectivity index (χ0n) is 23.0. The molecule has 206 valence electrons. The lowest BCUT2D eigenvalue weighted by Gasteiger charge is -2.16. The van der Waals surface area contributed by atoms with Crippen molar-refractivity contribution in [3.63, 3.8) is 0 Å². The Kier molecular flexibility index (Phi) is 5.72. The molecule has 3 aromatic heterocycles. The van der Waals surface area contributed by atoms with Crippen LogP contribution in [-0.4, -0.2) is 25.2 Å². The van der Waals surface area contributed by atoms with Crippen LogP contribution in [0.15, 0.2) is 134 Å². The Labute approximate surface area is 246 Å². The number of carbonyl (C=O) groups is 1. The van der Waals surface area contributed by atoms with Crippen LogP contribution in [-0.2, 0) is 6.61 Å². The van der Waals surface area contributed by atoms with Gasteiger partial charge in [-0.15, -0.1) is 0 Å². The quantitative estimate of drug-likeness (QED) is 0.222. The van der Waals surface area contributed by atoms with Crippen LogP contribution < -0.4 is 4.74 Å². The van der Waals surface area contributed by atoms with E-state index in [0.29, 0.717) is 0 Å². The monoisotopic (exact) mass is 559 g/mol. The van der Waals surface area contributed by atoms with Crippen LogP contribution >= 0.6 is 0 Å². The summed E-state index contributed by atoms with van der Waals surface area (Å²) >= 11 is 0. The zero-order valence-corrected chi connectivity index (χ0v) is 23.0. The first-order valence-electron chi connectivity index (χ1n) is 14.1.